The molecule has 1 aliphatic heterocycles. The van der Waals surface area contributed by atoms with Gasteiger partial charge in [-0.2, -0.15) is 26.3 Å². The summed E-state index contributed by atoms with van der Waals surface area (Å²) in [7, 11) is -4.51. The molecule has 2 aromatic carbocycles. The van der Waals surface area contributed by atoms with Crippen molar-refractivity contribution >= 4 is 21.7 Å². The Morgan fingerprint density at radius 2 is 1.49 bits per heavy atom. The van der Waals surface area contributed by atoms with E-state index in [0.29, 0.717) is 38.1 Å². The molecule has 6 nitrogen and oxygen atoms in total. The number of aryl methyl sites for hydroxylation is 1. The maximum absolute atomic E-state index is 15.0. The summed E-state index contributed by atoms with van der Waals surface area (Å²) in [6.45, 7) is 2.15. The van der Waals surface area contributed by atoms with E-state index in [0.717, 1.165) is 30.3 Å². The summed E-state index contributed by atoms with van der Waals surface area (Å²) in [5, 5.41) is 2.93. The fourth-order valence-corrected chi connectivity index (χ4v) is 9.78. The second kappa shape index (κ2) is 11.2. The van der Waals surface area contributed by atoms with Gasteiger partial charge < -0.3 is 10.2 Å². The van der Waals surface area contributed by atoms with Crippen LogP contribution in [-0.2, 0) is 36.3 Å². The van der Waals surface area contributed by atoms with Gasteiger partial charge in [0.05, 0.1) is 4.90 Å². The summed E-state index contributed by atoms with van der Waals surface area (Å²) in [4.78, 5) is 26.2. The number of hydrogen-bond acceptors (Lipinski definition) is 4. The number of nitrogens with zero attached hydrogens (tertiary/aromatic N) is 1. The van der Waals surface area contributed by atoms with E-state index in [1.165, 1.54) is 6.92 Å². The third-order valence-electron chi connectivity index (χ3n) is 9.62. The predicted molar refractivity (Wildman–Crippen MR) is 145 cm³/mol. The molecule has 0 unspecified atom stereocenters. The van der Waals surface area contributed by atoms with Gasteiger partial charge in [0.1, 0.15) is 10.6 Å². The Morgan fingerprint density at radius 3 is 2.04 bits per heavy atom. The minimum atomic E-state index is -6.35. The average molecular weight is 667 g/mol. The highest BCUT2D eigenvalue weighted by molar-refractivity contribution is 7.92. The summed E-state index contributed by atoms with van der Waals surface area (Å²) in [6, 6.07) is 4.71. The van der Waals surface area contributed by atoms with Gasteiger partial charge in [0.15, 0.2) is 9.84 Å². The monoisotopic (exact) mass is 666 g/mol. The molecule has 1 N–H and O–H groups in total. The number of alkyl halides is 7. The standard InChI is InChI=1S/C30H30F8N2O4S/c1-17(41)40-14-11-18(12-15-40)26(42)39-25-10-13-27(45(43,44)22-6-4-21(31)5-7-22)23-9-3-20(16-19(23)2-8-24(25)27)28(32,29(33,34)35)30(36,37)38/h3-7,9,16,18,24-25H,2,8,10-15H2,1H3,(H,39,42)/t24-,25+,27+/m0/s1. The van der Waals surface area contributed by atoms with Crippen LogP contribution in [0.15, 0.2) is 47.4 Å². The number of fused-ring (bicyclic) bond motifs is 3. The fraction of sp³-hybridized carbons (Fsp3) is 0.533. The van der Waals surface area contributed by atoms with Crippen molar-refractivity contribution in [3.05, 3.63) is 65.0 Å². The van der Waals surface area contributed by atoms with Gasteiger partial charge in [-0.1, -0.05) is 18.2 Å². The Kier molecular flexibility index (Phi) is 8.27. The molecule has 15 heteroatoms. The van der Waals surface area contributed by atoms with E-state index in [4.69, 9.17) is 0 Å². The molecule has 1 heterocycles. The fourth-order valence-electron chi connectivity index (χ4n) is 7.31. The Hall–Kier alpha value is -3.23. The largest absolute Gasteiger partial charge is 0.435 e. The molecule has 3 atom stereocenters. The number of hydrogen-bond donors (Lipinski definition) is 1. The maximum Gasteiger partial charge on any atom is 0.435 e. The van der Waals surface area contributed by atoms with Crippen LogP contribution in [0.5, 0.6) is 0 Å². The van der Waals surface area contributed by atoms with Crippen molar-refractivity contribution < 1.29 is 53.1 Å². The third-order valence-corrected chi connectivity index (χ3v) is 12.2. The molecule has 2 aromatic rings. The number of halogens is 8. The molecule has 3 aliphatic rings. The van der Waals surface area contributed by atoms with Gasteiger partial charge in [-0.25, -0.2) is 17.2 Å². The number of rotatable bonds is 5. The molecule has 1 saturated carbocycles. The van der Waals surface area contributed by atoms with Gasteiger partial charge in [0, 0.05) is 43.5 Å². The zero-order valence-electron chi connectivity index (χ0n) is 23.9. The molecule has 0 aromatic heterocycles. The first-order valence-electron chi connectivity index (χ1n) is 14.4. The highest BCUT2D eigenvalue weighted by Crippen LogP contribution is 2.59. The second-order valence-corrected chi connectivity index (χ2v) is 14.2. The van der Waals surface area contributed by atoms with Crippen LogP contribution in [0.4, 0.5) is 35.1 Å². The van der Waals surface area contributed by atoms with Gasteiger partial charge in [0.2, 0.25) is 11.8 Å². The SMILES string of the molecule is CC(=O)N1CCC(C(=O)N[C@@H]2CC[C@@]3(S(=O)(=O)c4ccc(F)cc4)c4ccc(C(F)(C(F)(F)F)C(F)(F)F)cc4CC[C@@H]23)CC1. The van der Waals surface area contributed by atoms with Gasteiger partial charge >= 0.3 is 18.0 Å². The van der Waals surface area contributed by atoms with E-state index >= 15 is 0 Å². The molecule has 5 rings (SSSR count). The number of carbonyl (C=O) groups excluding carboxylic acids is 2. The quantitative estimate of drug-likeness (QED) is 0.319. The lowest BCUT2D eigenvalue weighted by atomic mass is 9.73. The zero-order valence-corrected chi connectivity index (χ0v) is 24.8. The first kappa shape index (κ1) is 33.1. The number of piperidine rings is 1. The Morgan fingerprint density at radius 1 is 0.889 bits per heavy atom. The maximum atomic E-state index is 15.0. The molecule has 2 amide bonds. The lowest BCUT2D eigenvalue weighted by Gasteiger charge is -2.43. The van der Waals surface area contributed by atoms with Gasteiger partial charge in [-0.3, -0.25) is 9.59 Å². The number of amides is 2. The molecule has 2 fully saturated rings. The van der Waals surface area contributed by atoms with E-state index in [9.17, 15) is 53.1 Å². The Balaban J connectivity index is 1.56. The van der Waals surface area contributed by atoms with E-state index in [2.05, 4.69) is 5.32 Å². The van der Waals surface area contributed by atoms with Crippen molar-refractivity contribution in [1.29, 1.82) is 0 Å². The normalized spacial score (nSPS) is 24.6. The minimum absolute atomic E-state index is 0.0536. The van der Waals surface area contributed by atoms with Crippen molar-refractivity contribution in [2.24, 2.45) is 11.8 Å². The summed E-state index contributed by atoms with van der Waals surface area (Å²) < 4.78 is 137. The molecule has 2 aliphatic carbocycles. The Labute approximate surface area is 254 Å². The Bertz CT molecular complexity index is 1570. The van der Waals surface area contributed by atoms with Crippen molar-refractivity contribution in [2.45, 2.75) is 79.2 Å². The predicted octanol–water partition coefficient (Wildman–Crippen LogP) is 5.88. The van der Waals surface area contributed by atoms with Crippen LogP contribution < -0.4 is 5.32 Å². The topological polar surface area (TPSA) is 83.6 Å². The van der Waals surface area contributed by atoms with Gasteiger partial charge in [0.25, 0.3) is 0 Å². The van der Waals surface area contributed by atoms with E-state index in [1.807, 2.05) is 0 Å². The van der Waals surface area contributed by atoms with Crippen LogP contribution in [0.3, 0.4) is 0 Å². The lowest BCUT2D eigenvalue weighted by Crippen LogP contribution is -2.52. The summed E-state index contributed by atoms with van der Waals surface area (Å²) in [5.41, 5.74) is -7.67. The third kappa shape index (κ3) is 5.28. The zero-order chi connectivity index (χ0) is 33.2. The van der Waals surface area contributed by atoms with E-state index in [1.54, 1.807) is 4.90 Å². The minimum Gasteiger partial charge on any atom is -0.353 e. The number of benzene rings is 2. The molecule has 0 bridgehead atoms. The van der Waals surface area contributed by atoms with E-state index in [-0.39, 0.29) is 53.5 Å². The van der Waals surface area contributed by atoms with Crippen molar-refractivity contribution in [2.75, 3.05) is 13.1 Å². The highest BCUT2D eigenvalue weighted by Gasteiger charge is 2.73. The van der Waals surface area contributed by atoms with Crippen LogP contribution >= 0.6 is 0 Å². The van der Waals surface area contributed by atoms with Gasteiger partial charge in [-0.05, 0) is 73.9 Å². The lowest BCUT2D eigenvalue weighted by molar-refractivity contribution is -0.348. The summed E-state index contributed by atoms with van der Waals surface area (Å²) >= 11 is 0. The van der Waals surface area contributed by atoms with Crippen LogP contribution in [0, 0.1) is 17.7 Å². The van der Waals surface area contributed by atoms with Crippen LogP contribution in [0.2, 0.25) is 0 Å². The van der Waals surface area contributed by atoms with Crippen LogP contribution in [0.25, 0.3) is 0 Å². The summed E-state index contributed by atoms with van der Waals surface area (Å²) in [6.07, 6.45) is -12.2. The van der Waals surface area contributed by atoms with Crippen molar-refractivity contribution in [3.63, 3.8) is 0 Å². The highest BCUT2D eigenvalue weighted by atomic mass is 32.2. The summed E-state index contributed by atoms with van der Waals surface area (Å²) in [5.74, 6) is -2.52. The molecular weight excluding hydrogens is 636 g/mol. The van der Waals surface area contributed by atoms with Gasteiger partial charge in [-0.15, -0.1) is 0 Å². The molecule has 0 spiro atoms. The molecule has 0 radical (unpaired) electrons. The molecule has 45 heavy (non-hydrogen) atoms. The van der Waals surface area contributed by atoms with Crippen LogP contribution in [0.1, 0.15) is 55.7 Å². The molecule has 246 valence electrons. The smallest absolute Gasteiger partial charge is 0.353 e. The number of likely N-dealkylation sites (tertiary alicyclic amines) is 1. The van der Waals surface area contributed by atoms with Crippen molar-refractivity contribution in [3.8, 4) is 0 Å². The van der Waals surface area contributed by atoms with E-state index < -0.39 is 61.9 Å². The van der Waals surface area contributed by atoms with Crippen LogP contribution in [-0.4, -0.2) is 56.6 Å². The number of nitrogens with one attached hydrogen (secondary N) is 1. The number of sulfone groups is 1. The molecule has 1 saturated heterocycles. The number of carbonyl (C=O) groups is 2. The first-order valence-corrected chi connectivity index (χ1v) is 15.8. The second-order valence-electron chi connectivity index (χ2n) is 12.0. The molecular formula is C30H30F8N2O4S. The first-order chi connectivity index (χ1) is 20.8. The average Bonchev–Trinajstić information content (AvgIpc) is 3.35. The van der Waals surface area contributed by atoms with Crippen molar-refractivity contribution in [1.82, 2.24) is 10.2 Å².